The first kappa shape index (κ1) is 26.4. The fraction of sp³-hybridized carbons (Fsp3) is 0.0769. The summed E-state index contributed by atoms with van der Waals surface area (Å²) < 4.78 is 59.6. The van der Waals surface area contributed by atoms with Crippen LogP contribution in [-0.2, 0) is 29.2 Å². The van der Waals surface area contributed by atoms with E-state index in [1.165, 1.54) is 12.1 Å². The second-order valence-electron chi connectivity index (χ2n) is 8.16. The van der Waals surface area contributed by atoms with Gasteiger partial charge < -0.3 is 13.0 Å². The standard InChI is InChI=1S/C26H19N2O5S2.Na/c1-15-13-21(17-7-3-5-9-23(17)34(29)30)19-11-12-20-22(14-16(2)28-26(20)25(19)27-15)18-8-4-6-10-24(18)35(31,32)33;/h3-14H,1-2H3,(H,31,32,33);/q-1;+1/p-1. The van der Waals surface area contributed by atoms with Crippen LogP contribution in [0, 0.1) is 13.8 Å². The molecular weight excluding hydrogens is 507 g/mol. The summed E-state index contributed by atoms with van der Waals surface area (Å²) in [5.74, 6) is 0. The molecule has 0 saturated carbocycles. The molecule has 2 heterocycles. The van der Waals surface area contributed by atoms with Gasteiger partial charge in [0.1, 0.15) is 10.1 Å². The van der Waals surface area contributed by atoms with Gasteiger partial charge in [0.15, 0.2) is 0 Å². The molecule has 0 fully saturated rings. The van der Waals surface area contributed by atoms with Crippen molar-refractivity contribution >= 4 is 42.6 Å². The summed E-state index contributed by atoms with van der Waals surface area (Å²) in [4.78, 5) is 9.28. The van der Waals surface area contributed by atoms with Crippen molar-refractivity contribution in [2.24, 2.45) is 0 Å². The van der Waals surface area contributed by atoms with Gasteiger partial charge in [-0.1, -0.05) is 59.5 Å². The van der Waals surface area contributed by atoms with Gasteiger partial charge in [-0.15, -0.1) is 0 Å². The van der Waals surface area contributed by atoms with Crippen molar-refractivity contribution in [3.8, 4) is 22.3 Å². The Balaban J connectivity index is 0.00000304. The Morgan fingerprint density at radius 1 is 0.694 bits per heavy atom. The predicted octanol–water partition coefficient (Wildman–Crippen LogP) is 2.31. The third-order valence-electron chi connectivity index (χ3n) is 5.82. The Bertz CT molecular complexity index is 1840. The van der Waals surface area contributed by atoms with Crippen LogP contribution in [0.1, 0.15) is 11.4 Å². The van der Waals surface area contributed by atoms with E-state index in [-0.39, 0.29) is 44.9 Å². The quantitative estimate of drug-likeness (QED) is 0.153. The Morgan fingerprint density at radius 3 is 1.69 bits per heavy atom. The minimum absolute atomic E-state index is 0. The molecule has 0 N–H and O–H groups in total. The molecule has 0 spiro atoms. The predicted molar refractivity (Wildman–Crippen MR) is 132 cm³/mol. The minimum atomic E-state index is -4.71. The second-order valence-corrected chi connectivity index (χ2v) is 10.4. The summed E-state index contributed by atoms with van der Waals surface area (Å²) in [5.41, 5.74) is 4.45. The van der Waals surface area contributed by atoms with Crippen LogP contribution in [0.25, 0.3) is 44.1 Å². The molecule has 0 unspecified atom stereocenters. The Labute approximate surface area is 232 Å². The fourth-order valence-electron chi connectivity index (χ4n) is 4.42. The van der Waals surface area contributed by atoms with E-state index in [9.17, 15) is 21.4 Å². The summed E-state index contributed by atoms with van der Waals surface area (Å²) >= 11 is 0. The van der Waals surface area contributed by atoms with Gasteiger partial charge in [0, 0.05) is 22.2 Å². The number of hydrogen-bond acceptors (Lipinski definition) is 8. The number of nitrogens with zero attached hydrogens (tertiary/aromatic N) is 2. The van der Waals surface area contributed by atoms with E-state index in [1.807, 2.05) is 19.1 Å². The number of hydrogen-bond donors (Lipinski definition) is 0. The van der Waals surface area contributed by atoms with E-state index in [0.717, 1.165) is 0 Å². The SMILES string of the molecule is Cc1cc(-c2ccccc2[S-](=O)=O)c2ccc3c(-c4ccccc4S(=O)(=O)[O-])cc(C)nc3c2n1.[Na+]. The van der Waals surface area contributed by atoms with Gasteiger partial charge >= 0.3 is 29.6 Å². The summed E-state index contributed by atoms with van der Waals surface area (Å²) in [6, 6.07) is 20.0. The molecule has 10 heteroatoms. The smallest absolute Gasteiger partial charge is 0.744 e. The van der Waals surface area contributed by atoms with Crippen LogP contribution in [0.3, 0.4) is 0 Å². The van der Waals surface area contributed by atoms with Gasteiger partial charge in [0.25, 0.3) is 0 Å². The van der Waals surface area contributed by atoms with Crippen molar-refractivity contribution in [1.29, 1.82) is 0 Å². The maximum Gasteiger partial charge on any atom is 1.00 e. The summed E-state index contributed by atoms with van der Waals surface area (Å²) in [5, 5.41) is 1.33. The Kier molecular flexibility index (Phi) is 7.34. The number of pyridine rings is 2. The van der Waals surface area contributed by atoms with Crippen LogP contribution in [0.2, 0.25) is 0 Å². The Hall–Kier alpha value is -2.66. The molecule has 0 saturated heterocycles. The number of benzene rings is 3. The van der Waals surface area contributed by atoms with E-state index in [1.54, 1.807) is 55.5 Å². The zero-order valence-electron chi connectivity index (χ0n) is 19.7. The molecular formula is C26H18N2NaO5S2-. The van der Waals surface area contributed by atoms with Gasteiger partial charge in [-0.25, -0.2) is 8.42 Å². The molecule has 176 valence electrons. The first-order valence-corrected chi connectivity index (χ1v) is 13.1. The molecule has 0 aliphatic rings. The van der Waals surface area contributed by atoms with Crippen molar-refractivity contribution in [3.63, 3.8) is 0 Å². The van der Waals surface area contributed by atoms with Crippen LogP contribution in [0.5, 0.6) is 0 Å². The number of aromatic nitrogens is 2. The molecule has 5 rings (SSSR count). The average molecular weight is 526 g/mol. The summed E-state index contributed by atoms with van der Waals surface area (Å²) in [6.07, 6.45) is 0. The molecule has 0 amide bonds. The Morgan fingerprint density at radius 2 is 1.17 bits per heavy atom. The third kappa shape index (κ3) is 4.70. The zero-order valence-corrected chi connectivity index (χ0v) is 23.3. The van der Waals surface area contributed by atoms with E-state index in [2.05, 4.69) is 0 Å². The normalized spacial score (nSPS) is 11.7. The first-order valence-electron chi connectivity index (χ1n) is 10.6. The maximum atomic E-state index is 12.0. The van der Waals surface area contributed by atoms with Crippen LogP contribution in [-0.4, -0.2) is 22.9 Å². The topological polar surface area (TPSA) is 117 Å². The van der Waals surface area contributed by atoms with E-state index in [0.29, 0.717) is 49.9 Å². The number of aryl methyl sites for hydroxylation is 2. The van der Waals surface area contributed by atoms with Crippen molar-refractivity contribution in [3.05, 3.63) is 84.2 Å². The second kappa shape index (κ2) is 10.0. The van der Waals surface area contributed by atoms with Gasteiger partial charge in [0.05, 0.1) is 15.9 Å². The van der Waals surface area contributed by atoms with Crippen molar-refractivity contribution in [2.75, 3.05) is 0 Å². The van der Waals surface area contributed by atoms with Crippen molar-refractivity contribution < 1.29 is 50.9 Å². The minimum Gasteiger partial charge on any atom is -0.744 e. The molecule has 0 atom stereocenters. The monoisotopic (exact) mass is 525 g/mol. The number of fused-ring (bicyclic) bond motifs is 3. The van der Waals surface area contributed by atoms with Gasteiger partial charge in [-0.2, -0.15) is 0 Å². The maximum absolute atomic E-state index is 12.0. The third-order valence-corrected chi connectivity index (χ3v) is 7.43. The van der Waals surface area contributed by atoms with Crippen LogP contribution < -0.4 is 29.6 Å². The largest absolute Gasteiger partial charge is 1.00 e. The molecule has 0 bridgehead atoms. The molecule has 0 aliphatic carbocycles. The molecule has 5 aromatic rings. The van der Waals surface area contributed by atoms with Crippen LogP contribution in [0.15, 0.2) is 82.6 Å². The molecule has 36 heavy (non-hydrogen) atoms. The van der Waals surface area contributed by atoms with Crippen LogP contribution in [0.4, 0.5) is 0 Å². The van der Waals surface area contributed by atoms with E-state index in [4.69, 9.17) is 9.97 Å². The fourth-order valence-corrected chi connectivity index (χ4v) is 5.66. The molecule has 0 aliphatic heterocycles. The summed E-state index contributed by atoms with van der Waals surface area (Å²) in [7, 11) is -7.15. The summed E-state index contributed by atoms with van der Waals surface area (Å²) in [6.45, 7) is 3.59. The molecule has 3 aromatic carbocycles. The van der Waals surface area contributed by atoms with Crippen molar-refractivity contribution in [2.45, 2.75) is 23.6 Å². The first-order chi connectivity index (χ1) is 16.6. The van der Waals surface area contributed by atoms with E-state index >= 15 is 0 Å². The van der Waals surface area contributed by atoms with E-state index < -0.39 is 20.8 Å². The molecule has 2 aromatic heterocycles. The van der Waals surface area contributed by atoms with Gasteiger partial charge in [-0.3, -0.25) is 9.97 Å². The molecule has 0 radical (unpaired) electrons. The van der Waals surface area contributed by atoms with Crippen LogP contribution >= 0.6 is 0 Å². The molecule has 7 nitrogen and oxygen atoms in total. The van der Waals surface area contributed by atoms with Gasteiger partial charge in [-0.05, 0) is 65.0 Å². The van der Waals surface area contributed by atoms with Gasteiger partial charge in [0.2, 0.25) is 0 Å². The average Bonchev–Trinajstić information content (AvgIpc) is 2.82. The zero-order chi connectivity index (χ0) is 24.9. The van der Waals surface area contributed by atoms with Crippen molar-refractivity contribution in [1.82, 2.24) is 9.97 Å². The number of rotatable bonds is 4.